The zero-order chi connectivity index (χ0) is 16.9. The first-order valence-corrected chi connectivity index (χ1v) is 8.84. The molecule has 0 unspecified atom stereocenters. The number of nitrogens with zero attached hydrogens (tertiary/aromatic N) is 2. The molecule has 0 radical (unpaired) electrons. The zero-order valence-corrected chi connectivity index (χ0v) is 15.1. The van der Waals surface area contributed by atoms with E-state index in [0.29, 0.717) is 12.5 Å². The summed E-state index contributed by atoms with van der Waals surface area (Å²) in [7, 11) is 3.47. The average molecular weight is 340 g/mol. The van der Waals surface area contributed by atoms with Crippen LogP contribution in [-0.4, -0.2) is 57.2 Å². The molecule has 0 saturated heterocycles. The van der Waals surface area contributed by atoms with Crippen molar-refractivity contribution in [1.82, 2.24) is 15.5 Å². The van der Waals surface area contributed by atoms with Gasteiger partial charge in [0, 0.05) is 38.7 Å². The van der Waals surface area contributed by atoms with Gasteiger partial charge in [0.2, 0.25) is 5.91 Å². The van der Waals surface area contributed by atoms with Crippen LogP contribution in [0.15, 0.2) is 22.5 Å². The molecule has 1 amide bonds. The Bertz CT molecular complexity index is 461. The van der Waals surface area contributed by atoms with Gasteiger partial charge in [-0.15, -0.1) is 11.3 Å². The lowest BCUT2D eigenvalue weighted by Crippen LogP contribution is -2.38. The molecule has 2 N–H and O–H groups in total. The van der Waals surface area contributed by atoms with Gasteiger partial charge in [-0.05, 0) is 31.2 Å². The van der Waals surface area contributed by atoms with Crippen LogP contribution >= 0.6 is 11.3 Å². The fraction of sp³-hybridized carbons (Fsp3) is 0.625. The molecule has 0 spiro atoms. The summed E-state index contributed by atoms with van der Waals surface area (Å²) in [5.74, 6) is 0.656. The van der Waals surface area contributed by atoms with E-state index in [1.165, 1.54) is 4.88 Å². The third-order valence-corrected chi connectivity index (χ3v) is 3.97. The molecule has 6 nitrogen and oxygen atoms in total. The van der Waals surface area contributed by atoms with Gasteiger partial charge in [-0.3, -0.25) is 4.79 Å². The van der Waals surface area contributed by atoms with Crippen LogP contribution in [0.5, 0.6) is 0 Å². The molecule has 0 aliphatic heterocycles. The number of guanidine groups is 1. The van der Waals surface area contributed by atoms with E-state index in [4.69, 9.17) is 4.74 Å². The summed E-state index contributed by atoms with van der Waals surface area (Å²) >= 11 is 1.69. The van der Waals surface area contributed by atoms with E-state index in [2.05, 4.69) is 21.7 Å². The van der Waals surface area contributed by atoms with Crippen LogP contribution in [-0.2, 0) is 16.1 Å². The van der Waals surface area contributed by atoms with Crippen molar-refractivity contribution in [2.45, 2.75) is 26.3 Å². The highest BCUT2D eigenvalue weighted by Gasteiger charge is 2.04. The number of likely N-dealkylation sites (N-methyl/N-ethyl adjacent to an activating group) is 1. The van der Waals surface area contributed by atoms with Crippen molar-refractivity contribution in [3.05, 3.63) is 22.4 Å². The fourth-order valence-corrected chi connectivity index (χ4v) is 2.37. The highest BCUT2D eigenvalue weighted by molar-refractivity contribution is 7.09. The minimum absolute atomic E-state index is 0.0152. The summed E-state index contributed by atoms with van der Waals surface area (Å²) < 4.78 is 5.32. The summed E-state index contributed by atoms with van der Waals surface area (Å²) in [5.41, 5.74) is 0. The van der Waals surface area contributed by atoms with Crippen molar-refractivity contribution in [2.24, 2.45) is 4.99 Å². The molecule has 0 atom stereocenters. The first-order chi connectivity index (χ1) is 11.1. The molecule has 0 aromatic carbocycles. The van der Waals surface area contributed by atoms with E-state index in [-0.39, 0.29) is 12.5 Å². The normalized spacial score (nSPS) is 11.3. The second-order valence-corrected chi connectivity index (χ2v) is 6.25. The molecular weight excluding hydrogens is 312 g/mol. The fourth-order valence-electron chi connectivity index (χ4n) is 1.73. The molecule has 1 aromatic heterocycles. The number of ether oxygens (including phenoxy) is 1. The molecule has 0 saturated carbocycles. The molecular formula is C16H28N4O2S. The molecule has 1 rings (SSSR count). The minimum atomic E-state index is -0.0152. The van der Waals surface area contributed by atoms with E-state index in [1.54, 1.807) is 30.3 Å². The van der Waals surface area contributed by atoms with E-state index >= 15 is 0 Å². The Morgan fingerprint density at radius 2 is 2.17 bits per heavy atom. The summed E-state index contributed by atoms with van der Waals surface area (Å²) in [6.07, 6.45) is 2.01. The topological polar surface area (TPSA) is 66.0 Å². The van der Waals surface area contributed by atoms with Crippen molar-refractivity contribution in [3.63, 3.8) is 0 Å². The zero-order valence-electron chi connectivity index (χ0n) is 14.3. The Balaban J connectivity index is 2.40. The van der Waals surface area contributed by atoms with E-state index in [1.807, 2.05) is 18.4 Å². The number of nitrogens with one attached hydrogen (secondary N) is 2. The molecule has 1 aromatic rings. The highest BCUT2D eigenvalue weighted by atomic mass is 32.1. The molecule has 1 heterocycles. The number of hydrogen-bond donors (Lipinski definition) is 2. The number of rotatable bonds is 10. The van der Waals surface area contributed by atoms with Crippen molar-refractivity contribution in [3.8, 4) is 0 Å². The van der Waals surface area contributed by atoms with Gasteiger partial charge in [0.05, 0.1) is 6.54 Å². The van der Waals surface area contributed by atoms with Gasteiger partial charge in [0.1, 0.15) is 6.54 Å². The van der Waals surface area contributed by atoms with Gasteiger partial charge in [-0.1, -0.05) is 6.07 Å². The SMILES string of the molecule is CCOCCCCNC(=NCC(=O)N(C)C)NCc1cccs1. The molecule has 130 valence electrons. The number of unbranched alkanes of at least 4 members (excludes halogenated alkanes) is 1. The van der Waals surface area contributed by atoms with Crippen LogP contribution < -0.4 is 10.6 Å². The Kier molecular flexibility index (Phi) is 10.1. The van der Waals surface area contributed by atoms with Crippen LogP contribution in [0, 0.1) is 0 Å². The van der Waals surface area contributed by atoms with Crippen LogP contribution in [0.4, 0.5) is 0 Å². The van der Waals surface area contributed by atoms with Crippen LogP contribution in [0.1, 0.15) is 24.6 Å². The molecule has 0 aliphatic carbocycles. The Morgan fingerprint density at radius 3 is 2.83 bits per heavy atom. The maximum Gasteiger partial charge on any atom is 0.243 e. The smallest absolute Gasteiger partial charge is 0.243 e. The van der Waals surface area contributed by atoms with Gasteiger partial charge in [-0.25, -0.2) is 4.99 Å². The van der Waals surface area contributed by atoms with Gasteiger partial charge in [-0.2, -0.15) is 0 Å². The number of amides is 1. The minimum Gasteiger partial charge on any atom is -0.382 e. The lowest BCUT2D eigenvalue weighted by Gasteiger charge is -2.13. The summed E-state index contributed by atoms with van der Waals surface area (Å²) in [6, 6.07) is 4.09. The molecule has 7 heteroatoms. The molecule has 0 bridgehead atoms. The predicted octanol–water partition coefficient (Wildman–Crippen LogP) is 1.69. The third kappa shape index (κ3) is 9.20. The number of carbonyl (C=O) groups is 1. The first-order valence-electron chi connectivity index (χ1n) is 7.96. The monoisotopic (exact) mass is 340 g/mol. The molecule has 0 aliphatic rings. The van der Waals surface area contributed by atoms with Crippen LogP contribution in [0.25, 0.3) is 0 Å². The van der Waals surface area contributed by atoms with Gasteiger partial charge < -0.3 is 20.3 Å². The van der Waals surface area contributed by atoms with Gasteiger partial charge in [0.15, 0.2) is 5.96 Å². The first kappa shape index (κ1) is 19.4. The molecule has 23 heavy (non-hydrogen) atoms. The maximum absolute atomic E-state index is 11.7. The molecule has 0 fully saturated rings. The standard InChI is InChI=1S/C16H28N4O2S/c1-4-22-10-6-5-9-17-16(19-13-15(21)20(2)3)18-12-14-8-7-11-23-14/h7-8,11H,4-6,9-10,12-13H2,1-3H3,(H2,17,18,19). The van der Waals surface area contributed by atoms with Gasteiger partial charge in [0.25, 0.3) is 0 Å². The van der Waals surface area contributed by atoms with Crippen LogP contribution in [0.3, 0.4) is 0 Å². The third-order valence-electron chi connectivity index (χ3n) is 3.09. The van der Waals surface area contributed by atoms with Crippen LogP contribution in [0.2, 0.25) is 0 Å². The Morgan fingerprint density at radius 1 is 1.35 bits per heavy atom. The maximum atomic E-state index is 11.7. The number of aliphatic imine (C=N–C) groups is 1. The Labute approximate surface area is 142 Å². The second-order valence-electron chi connectivity index (χ2n) is 5.22. The number of thiophene rings is 1. The van der Waals surface area contributed by atoms with E-state index in [9.17, 15) is 4.79 Å². The average Bonchev–Trinajstić information content (AvgIpc) is 3.05. The predicted molar refractivity (Wildman–Crippen MR) is 95.9 cm³/mol. The quantitative estimate of drug-likeness (QED) is 0.386. The van der Waals surface area contributed by atoms with Crippen molar-refractivity contribution < 1.29 is 9.53 Å². The second kappa shape index (κ2) is 11.9. The lowest BCUT2D eigenvalue weighted by molar-refractivity contribution is -0.127. The summed E-state index contributed by atoms with van der Waals surface area (Å²) in [6.45, 7) is 5.20. The van der Waals surface area contributed by atoms with Crippen molar-refractivity contribution >= 4 is 23.2 Å². The van der Waals surface area contributed by atoms with Crippen molar-refractivity contribution in [2.75, 3.05) is 40.4 Å². The Hall–Kier alpha value is -1.60. The number of hydrogen-bond acceptors (Lipinski definition) is 4. The van der Waals surface area contributed by atoms with Gasteiger partial charge >= 0.3 is 0 Å². The summed E-state index contributed by atoms with van der Waals surface area (Å²) in [4.78, 5) is 18.8. The van der Waals surface area contributed by atoms with E-state index in [0.717, 1.165) is 32.6 Å². The number of carbonyl (C=O) groups excluding carboxylic acids is 1. The largest absolute Gasteiger partial charge is 0.382 e. The lowest BCUT2D eigenvalue weighted by atomic mass is 10.3. The van der Waals surface area contributed by atoms with E-state index < -0.39 is 0 Å². The highest BCUT2D eigenvalue weighted by Crippen LogP contribution is 2.07. The summed E-state index contributed by atoms with van der Waals surface area (Å²) in [5, 5.41) is 8.58. The van der Waals surface area contributed by atoms with Crippen molar-refractivity contribution in [1.29, 1.82) is 0 Å².